The molecule has 4 amide bonds. The maximum absolute atomic E-state index is 13.7. The van der Waals surface area contributed by atoms with Gasteiger partial charge in [0.15, 0.2) is 0 Å². The molecular formula is C26H24N4O3S. The van der Waals surface area contributed by atoms with E-state index in [-0.39, 0.29) is 23.9 Å². The normalized spacial score (nSPS) is 14.1. The van der Waals surface area contributed by atoms with Crippen molar-refractivity contribution in [1.29, 1.82) is 0 Å². The average molecular weight is 473 g/mol. The number of nitrogens with zero attached hydrogens (tertiary/aromatic N) is 2. The molecule has 1 aliphatic heterocycles. The van der Waals surface area contributed by atoms with Gasteiger partial charge in [-0.15, -0.1) is 0 Å². The van der Waals surface area contributed by atoms with Crippen LogP contribution < -0.4 is 15.5 Å². The van der Waals surface area contributed by atoms with Crippen LogP contribution >= 0.6 is 11.3 Å². The summed E-state index contributed by atoms with van der Waals surface area (Å²) in [5, 5.41) is 10.00. The number of carbonyl (C=O) groups excluding carboxylic acids is 3. The van der Waals surface area contributed by atoms with Gasteiger partial charge >= 0.3 is 6.03 Å². The Labute approximate surface area is 201 Å². The molecule has 8 heteroatoms. The van der Waals surface area contributed by atoms with E-state index < -0.39 is 0 Å². The molecule has 1 fully saturated rings. The lowest BCUT2D eigenvalue weighted by Gasteiger charge is -2.28. The largest absolute Gasteiger partial charge is 0.326 e. The van der Waals surface area contributed by atoms with E-state index >= 15 is 0 Å². The van der Waals surface area contributed by atoms with E-state index in [1.54, 1.807) is 34.4 Å². The number of hydrogen-bond donors (Lipinski definition) is 2. The summed E-state index contributed by atoms with van der Waals surface area (Å²) in [5.74, 6) is -0.384. The molecule has 0 spiro atoms. The lowest BCUT2D eigenvalue weighted by atomic mass is 9.99. The Balaban J connectivity index is 1.54. The van der Waals surface area contributed by atoms with E-state index in [9.17, 15) is 14.4 Å². The van der Waals surface area contributed by atoms with Gasteiger partial charge in [0.1, 0.15) is 0 Å². The molecule has 1 aromatic heterocycles. The van der Waals surface area contributed by atoms with Gasteiger partial charge in [0.25, 0.3) is 5.91 Å². The van der Waals surface area contributed by atoms with Crippen LogP contribution in [-0.2, 0) is 4.79 Å². The summed E-state index contributed by atoms with van der Waals surface area (Å²) < 4.78 is 0. The van der Waals surface area contributed by atoms with Crippen LogP contribution in [0.2, 0.25) is 0 Å². The van der Waals surface area contributed by atoms with Gasteiger partial charge in [-0.3, -0.25) is 14.5 Å². The number of amides is 4. The van der Waals surface area contributed by atoms with Crippen molar-refractivity contribution in [1.82, 2.24) is 0 Å². The average Bonchev–Trinajstić information content (AvgIpc) is 3.37. The zero-order valence-electron chi connectivity index (χ0n) is 18.9. The highest BCUT2D eigenvalue weighted by Crippen LogP contribution is 2.43. The Morgan fingerprint density at radius 3 is 2.65 bits per heavy atom. The second-order valence-corrected chi connectivity index (χ2v) is 9.22. The fourth-order valence-corrected chi connectivity index (χ4v) is 4.79. The van der Waals surface area contributed by atoms with Gasteiger partial charge in [0, 0.05) is 41.2 Å². The highest BCUT2D eigenvalue weighted by molar-refractivity contribution is 7.08. The molecule has 0 radical (unpaired) electrons. The second kappa shape index (κ2) is 8.87. The topological polar surface area (TPSA) is 90.9 Å². The van der Waals surface area contributed by atoms with Crippen molar-refractivity contribution in [3.63, 3.8) is 0 Å². The molecule has 1 aliphatic carbocycles. The lowest BCUT2D eigenvalue weighted by Crippen LogP contribution is -2.38. The third-order valence-corrected chi connectivity index (χ3v) is 6.77. The van der Waals surface area contributed by atoms with Crippen LogP contribution in [-0.4, -0.2) is 30.1 Å². The first-order valence-electron chi connectivity index (χ1n) is 11.2. The van der Waals surface area contributed by atoms with Crippen molar-refractivity contribution < 1.29 is 14.4 Å². The van der Waals surface area contributed by atoms with Gasteiger partial charge in [0.05, 0.1) is 11.3 Å². The third kappa shape index (κ3) is 4.12. The smallest absolute Gasteiger partial charge is 0.326 e. The highest BCUT2D eigenvalue weighted by Gasteiger charge is 2.37. The van der Waals surface area contributed by atoms with Gasteiger partial charge in [-0.25, -0.2) is 9.79 Å². The quantitative estimate of drug-likeness (QED) is 0.472. The number of rotatable bonds is 6. The Bertz CT molecular complexity index is 1330. The number of carbonyl (C=O) groups is 3. The maximum atomic E-state index is 13.7. The van der Waals surface area contributed by atoms with E-state index in [1.165, 1.54) is 6.21 Å². The molecule has 172 valence electrons. The van der Waals surface area contributed by atoms with Crippen molar-refractivity contribution in [2.45, 2.75) is 39.2 Å². The van der Waals surface area contributed by atoms with Gasteiger partial charge in [-0.1, -0.05) is 19.1 Å². The van der Waals surface area contributed by atoms with Crippen molar-refractivity contribution in [3.8, 4) is 11.1 Å². The van der Waals surface area contributed by atoms with E-state index in [0.29, 0.717) is 23.4 Å². The first-order valence-corrected chi connectivity index (χ1v) is 12.2. The molecule has 34 heavy (non-hydrogen) atoms. The molecule has 2 aliphatic rings. The van der Waals surface area contributed by atoms with Crippen LogP contribution in [0.25, 0.3) is 11.1 Å². The van der Waals surface area contributed by atoms with Crippen LogP contribution in [0.1, 0.15) is 47.7 Å². The first kappa shape index (κ1) is 22.0. The SMILES string of the molecule is CCC(=O)Nc1ccc(-c2ccsc2)c(N(C(=O)Nc2ccc3c(c2)C(=O)N=C3)C2CC2)c1C. The van der Waals surface area contributed by atoms with Crippen molar-refractivity contribution >= 4 is 52.5 Å². The summed E-state index contributed by atoms with van der Waals surface area (Å²) in [5.41, 5.74) is 6.05. The molecule has 0 bridgehead atoms. The van der Waals surface area contributed by atoms with Gasteiger partial charge in [-0.05, 0) is 65.9 Å². The van der Waals surface area contributed by atoms with Crippen LogP contribution in [0.3, 0.4) is 0 Å². The molecule has 5 rings (SSSR count). The Morgan fingerprint density at radius 2 is 1.94 bits per heavy atom. The number of nitrogens with one attached hydrogen (secondary N) is 2. The molecule has 2 N–H and O–H groups in total. The molecule has 7 nitrogen and oxygen atoms in total. The second-order valence-electron chi connectivity index (χ2n) is 8.44. The number of anilines is 3. The van der Waals surface area contributed by atoms with E-state index in [0.717, 1.165) is 40.8 Å². The minimum absolute atomic E-state index is 0.0626. The highest BCUT2D eigenvalue weighted by atomic mass is 32.1. The number of aliphatic imine (C=N–C) groups is 1. The summed E-state index contributed by atoms with van der Waals surface area (Å²) in [6.07, 6.45) is 3.71. The van der Waals surface area contributed by atoms with Crippen molar-refractivity contribution in [3.05, 3.63) is 63.8 Å². The minimum atomic E-state index is -0.305. The molecule has 3 aromatic rings. The fourth-order valence-electron chi connectivity index (χ4n) is 4.13. The van der Waals surface area contributed by atoms with Crippen molar-refractivity contribution in [2.75, 3.05) is 15.5 Å². The lowest BCUT2D eigenvalue weighted by molar-refractivity contribution is -0.115. The molecule has 2 heterocycles. The van der Waals surface area contributed by atoms with Crippen LogP contribution in [0.4, 0.5) is 21.9 Å². The molecule has 1 saturated carbocycles. The summed E-state index contributed by atoms with van der Waals surface area (Å²) in [6, 6.07) is 10.9. The molecular weight excluding hydrogens is 448 g/mol. The molecule has 2 aromatic carbocycles. The van der Waals surface area contributed by atoms with E-state index in [2.05, 4.69) is 21.0 Å². The van der Waals surface area contributed by atoms with E-state index in [4.69, 9.17) is 0 Å². The zero-order chi connectivity index (χ0) is 23.8. The fraction of sp³-hybridized carbons (Fsp3) is 0.231. The maximum Gasteiger partial charge on any atom is 0.326 e. The molecule has 0 saturated heterocycles. The number of thiophene rings is 1. The van der Waals surface area contributed by atoms with Gasteiger partial charge < -0.3 is 10.6 Å². The van der Waals surface area contributed by atoms with Crippen LogP contribution in [0.15, 0.2) is 52.2 Å². The summed E-state index contributed by atoms with van der Waals surface area (Å²) in [4.78, 5) is 43.4. The zero-order valence-corrected chi connectivity index (χ0v) is 19.7. The predicted molar refractivity (Wildman–Crippen MR) is 136 cm³/mol. The standard InChI is InChI=1S/C26H24N4O3S/c1-3-23(31)29-22-9-8-20(17-10-11-34-14-17)24(15(22)2)30(19-6-7-19)26(33)28-18-5-4-16-13-27-25(32)21(16)12-18/h4-5,8-14,19H,3,6-7H2,1-2H3,(H,28,33)(H,29,31). The number of urea groups is 1. The number of hydrogen-bond acceptors (Lipinski definition) is 4. The van der Waals surface area contributed by atoms with Crippen LogP contribution in [0, 0.1) is 6.92 Å². The Hall–Kier alpha value is -3.78. The third-order valence-electron chi connectivity index (χ3n) is 6.09. The van der Waals surface area contributed by atoms with Gasteiger partial charge in [-0.2, -0.15) is 11.3 Å². The first-order chi connectivity index (χ1) is 16.5. The predicted octanol–water partition coefficient (Wildman–Crippen LogP) is 5.85. The summed E-state index contributed by atoms with van der Waals surface area (Å²) in [7, 11) is 0. The summed E-state index contributed by atoms with van der Waals surface area (Å²) in [6.45, 7) is 3.74. The monoisotopic (exact) mass is 472 g/mol. The number of benzene rings is 2. The Morgan fingerprint density at radius 1 is 1.12 bits per heavy atom. The summed E-state index contributed by atoms with van der Waals surface area (Å²) >= 11 is 1.59. The van der Waals surface area contributed by atoms with Gasteiger partial charge in [0.2, 0.25) is 5.91 Å². The minimum Gasteiger partial charge on any atom is -0.326 e. The van der Waals surface area contributed by atoms with E-state index in [1.807, 2.05) is 37.4 Å². The Kier molecular flexibility index (Phi) is 5.75. The number of fused-ring (bicyclic) bond motifs is 1. The van der Waals surface area contributed by atoms with Crippen LogP contribution in [0.5, 0.6) is 0 Å². The van der Waals surface area contributed by atoms with Crippen molar-refractivity contribution in [2.24, 2.45) is 4.99 Å². The molecule has 0 unspecified atom stereocenters. The molecule has 0 atom stereocenters.